The maximum absolute atomic E-state index is 13.8. The smallest absolute Gasteiger partial charge is 0.332 e. The molecule has 0 spiro atoms. The van der Waals surface area contributed by atoms with Crippen LogP contribution >= 0.6 is 11.3 Å². The lowest BCUT2D eigenvalue weighted by Gasteiger charge is -2.52. The highest BCUT2D eigenvalue weighted by atomic mass is 79.9. The monoisotopic (exact) mass is 550 g/mol. The Kier molecular flexibility index (Phi) is 8.17. The summed E-state index contributed by atoms with van der Waals surface area (Å²) < 4.78 is 21.0. The molecule has 4 nitrogen and oxygen atoms in total. The normalized spacial score (nSPS) is 28.6. The van der Waals surface area contributed by atoms with Gasteiger partial charge in [-0.25, -0.2) is 9.18 Å². The average Bonchev–Trinajstić information content (AvgIpc) is 3.39. The summed E-state index contributed by atoms with van der Waals surface area (Å²) in [6, 6.07) is 11.1. The molecule has 0 radical (unpaired) electrons. The van der Waals surface area contributed by atoms with Gasteiger partial charge < -0.3 is 26.2 Å². The van der Waals surface area contributed by atoms with Crippen molar-refractivity contribution in [2.45, 2.75) is 57.1 Å². The molecule has 186 valence electrons. The molecular weight excluding hydrogens is 515 g/mol. The molecule has 4 aliphatic heterocycles. The van der Waals surface area contributed by atoms with Gasteiger partial charge in [-0.05, 0) is 62.0 Å². The number of hydrogen-bond acceptors (Lipinski definition) is 4. The fourth-order valence-corrected chi connectivity index (χ4v) is 7.17. The molecule has 2 atom stereocenters. The Morgan fingerprint density at radius 2 is 1.94 bits per heavy atom. The second-order valence-corrected chi connectivity index (χ2v) is 11.4. The van der Waals surface area contributed by atoms with E-state index in [0.29, 0.717) is 5.92 Å². The quantitative estimate of drug-likeness (QED) is 0.390. The zero-order chi connectivity index (χ0) is 22.9. The first-order valence-electron chi connectivity index (χ1n) is 12.6. The first kappa shape index (κ1) is 25.8. The second kappa shape index (κ2) is 10.8. The second-order valence-electron chi connectivity index (χ2n) is 10.5. The van der Waals surface area contributed by atoms with Crippen LogP contribution in [0, 0.1) is 11.7 Å². The third-order valence-electron chi connectivity index (χ3n) is 8.45. The van der Waals surface area contributed by atoms with Crippen LogP contribution in [0.3, 0.4) is 0 Å². The van der Waals surface area contributed by atoms with Crippen molar-refractivity contribution in [1.29, 1.82) is 0 Å². The minimum absolute atomic E-state index is 0. The third-order valence-corrected chi connectivity index (χ3v) is 9.53. The van der Waals surface area contributed by atoms with Gasteiger partial charge in [0.05, 0.1) is 19.6 Å². The van der Waals surface area contributed by atoms with Gasteiger partial charge in [-0.15, -0.1) is 11.3 Å². The number of likely N-dealkylation sites (tertiary alicyclic amines) is 1. The molecule has 4 aliphatic rings. The highest BCUT2D eigenvalue weighted by Gasteiger charge is 2.50. The lowest BCUT2D eigenvalue weighted by Crippen LogP contribution is -3.00. The molecule has 6 rings (SSSR count). The summed E-state index contributed by atoms with van der Waals surface area (Å²) in [4.78, 5) is 17.3. The number of fused-ring (bicyclic) bond motifs is 3. The average molecular weight is 552 g/mol. The molecule has 4 saturated heterocycles. The number of hydrogen-bond donors (Lipinski definition) is 0. The Morgan fingerprint density at radius 3 is 2.62 bits per heavy atom. The number of benzene rings is 1. The summed E-state index contributed by atoms with van der Waals surface area (Å²) in [5, 5.41) is 2.06. The summed E-state index contributed by atoms with van der Waals surface area (Å²) in [6.07, 6.45) is 6.59. The largest absolute Gasteiger partial charge is 1.00 e. The van der Waals surface area contributed by atoms with E-state index in [4.69, 9.17) is 4.74 Å². The van der Waals surface area contributed by atoms with Crippen LogP contribution in [0.15, 0.2) is 41.8 Å². The standard InChI is InChI=1S/C27H36FN2O2S.BrH/c1-27(25-9-6-18-33-25,29-13-3-2-4-14-29)26(31)32-24-20-30(16-11-22(24)12-17-30)15-10-21-7-5-8-23(28)19-21;/h5-9,18-19,22,24H,2-4,10-17,20H2,1H3;1H/q+1;/p-1/t22?,24-,27?,30?;/m0./s1. The summed E-state index contributed by atoms with van der Waals surface area (Å²) >= 11 is 1.66. The van der Waals surface area contributed by atoms with Gasteiger partial charge in [0.25, 0.3) is 0 Å². The molecule has 0 amide bonds. The van der Waals surface area contributed by atoms with Crippen molar-refractivity contribution in [2.75, 3.05) is 39.3 Å². The molecule has 2 bridgehead atoms. The van der Waals surface area contributed by atoms with Crippen molar-refractivity contribution in [3.05, 3.63) is 58.0 Å². The number of nitrogens with zero attached hydrogens (tertiary/aromatic N) is 2. The predicted molar refractivity (Wildman–Crippen MR) is 130 cm³/mol. The van der Waals surface area contributed by atoms with E-state index in [1.807, 2.05) is 12.1 Å². The fraction of sp³-hybridized carbons (Fsp3) is 0.593. The van der Waals surface area contributed by atoms with E-state index in [1.165, 1.54) is 12.5 Å². The van der Waals surface area contributed by atoms with E-state index in [2.05, 4.69) is 23.3 Å². The SMILES string of the molecule is CC(C(=O)O[C@H]1C[N+]2(CCc3cccc(F)c3)CCC1CC2)(c1cccs1)N1CCCCC1.[Br-]. The highest BCUT2D eigenvalue weighted by Crippen LogP contribution is 2.39. The van der Waals surface area contributed by atoms with Gasteiger partial charge in [0.15, 0.2) is 11.6 Å². The molecule has 1 aromatic carbocycles. The van der Waals surface area contributed by atoms with Gasteiger partial charge in [-0.2, -0.15) is 0 Å². The number of thiophene rings is 1. The third kappa shape index (κ3) is 5.13. The fourth-order valence-electron chi connectivity index (χ4n) is 6.26. The lowest BCUT2D eigenvalue weighted by molar-refractivity contribution is -0.946. The van der Waals surface area contributed by atoms with Crippen LogP contribution < -0.4 is 17.0 Å². The number of carbonyl (C=O) groups excluding carboxylic acids is 1. The molecule has 34 heavy (non-hydrogen) atoms. The summed E-state index contributed by atoms with van der Waals surface area (Å²) in [6.45, 7) is 8.13. The summed E-state index contributed by atoms with van der Waals surface area (Å²) in [5.74, 6) is 0.230. The molecule has 0 N–H and O–H groups in total. The molecule has 4 fully saturated rings. The zero-order valence-electron chi connectivity index (χ0n) is 20.1. The Bertz CT molecular complexity index is 957. The first-order chi connectivity index (χ1) is 16.0. The molecule has 2 aromatic rings. The molecule has 1 aromatic heterocycles. The van der Waals surface area contributed by atoms with Gasteiger partial charge in [-0.3, -0.25) is 4.90 Å². The van der Waals surface area contributed by atoms with E-state index < -0.39 is 5.54 Å². The lowest BCUT2D eigenvalue weighted by atomic mass is 9.82. The molecule has 1 unspecified atom stereocenters. The van der Waals surface area contributed by atoms with Crippen molar-refractivity contribution in [3.63, 3.8) is 0 Å². The van der Waals surface area contributed by atoms with Crippen LogP contribution in [0.2, 0.25) is 0 Å². The van der Waals surface area contributed by atoms with Crippen LogP contribution in [-0.4, -0.2) is 60.7 Å². The highest BCUT2D eigenvalue weighted by molar-refractivity contribution is 7.10. The van der Waals surface area contributed by atoms with Gasteiger partial charge in [0.2, 0.25) is 0 Å². The van der Waals surface area contributed by atoms with Crippen LogP contribution in [0.5, 0.6) is 0 Å². The molecule has 0 aliphatic carbocycles. The van der Waals surface area contributed by atoms with Crippen molar-refractivity contribution in [3.8, 4) is 0 Å². The number of carbonyl (C=O) groups is 1. The minimum Gasteiger partial charge on any atom is -1.00 e. The summed E-state index contributed by atoms with van der Waals surface area (Å²) in [7, 11) is 0. The number of quaternary nitrogens is 1. The maximum atomic E-state index is 13.8. The Hall–Kier alpha value is -1.28. The van der Waals surface area contributed by atoms with E-state index >= 15 is 0 Å². The van der Waals surface area contributed by atoms with Gasteiger partial charge in [-0.1, -0.05) is 24.6 Å². The van der Waals surface area contributed by atoms with Gasteiger partial charge in [0, 0.05) is 30.1 Å². The Morgan fingerprint density at radius 1 is 1.18 bits per heavy atom. The van der Waals surface area contributed by atoms with Crippen LogP contribution in [-0.2, 0) is 21.5 Å². The predicted octanol–water partition coefficient (Wildman–Crippen LogP) is 1.99. The van der Waals surface area contributed by atoms with Crippen LogP contribution in [0.25, 0.3) is 0 Å². The van der Waals surface area contributed by atoms with Crippen molar-refractivity contribution in [2.24, 2.45) is 5.92 Å². The summed E-state index contributed by atoms with van der Waals surface area (Å²) in [5.41, 5.74) is 0.353. The number of piperidine rings is 4. The number of esters is 1. The zero-order valence-corrected chi connectivity index (χ0v) is 22.5. The van der Waals surface area contributed by atoms with E-state index in [9.17, 15) is 9.18 Å². The number of ether oxygens (including phenoxy) is 1. The topological polar surface area (TPSA) is 29.5 Å². The van der Waals surface area contributed by atoms with Gasteiger partial charge >= 0.3 is 5.97 Å². The minimum atomic E-state index is -0.701. The van der Waals surface area contributed by atoms with Crippen molar-refractivity contribution >= 4 is 17.3 Å². The van der Waals surface area contributed by atoms with Gasteiger partial charge in [0.1, 0.15) is 12.4 Å². The number of rotatable bonds is 7. The first-order valence-corrected chi connectivity index (χ1v) is 13.5. The van der Waals surface area contributed by atoms with Crippen LogP contribution in [0.4, 0.5) is 4.39 Å². The Labute approximate surface area is 217 Å². The van der Waals surface area contributed by atoms with E-state index in [1.54, 1.807) is 23.5 Å². The van der Waals surface area contributed by atoms with Crippen LogP contribution in [0.1, 0.15) is 49.5 Å². The molecule has 5 heterocycles. The number of halogens is 2. The molecular formula is C27H36BrFN2O2S. The van der Waals surface area contributed by atoms with Crippen molar-refractivity contribution < 1.29 is 35.4 Å². The maximum Gasteiger partial charge on any atom is 0.332 e. The Balaban J connectivity index is 0.00000274. The van der Waals surface area contributed by atoms with Crippen molar-refractivity contribution in [1.82, 2.24) is 4.90 Å². The molecule has 7 heteroatoms. The van der Waals surface area contributed by atoms with E-state index in [0.717, 1.165) is 86.3 Å². The molecule has 0 saturated carbocycles. The van der Waals surface area contributed by atoms with E-state index in [-0.39, 0.29) is 34.9 Å².